The number of pyridine rings is 2. The van der Waals surface area contributed by atoms with Gasteiger partial charge in [-0.3, -0.25) is 9.59 Å². The van der Waals surface area contributed by atoms with E-state index in [-0.39, 0.29) is 73.9 Å². The molecule has 460 valence electrons. The van der Waals surface area contributed by atoms with Gasteiger partial charge in [0.1, 0.15) is 47.0 Å². The van der Waals surface area contributed by atoms with Crippen LogP contribution in [0.25, 0.3) is 21.8 Å². The second-order valence-corrected chi connectivity index (χ2v) is 26.7. The number of methoxy groups -OCH3 is 2. The molecular weight excluding hydrogens is 1160 g/mol. The van der Waals surface area contributed by atoms with Crippen molar-refractivity contribution in [1.82, 2.24) is 30.4 Å². The molecule has 20 heteroatoms. The number of alkyl carbamates (subject to hydrolysis) is 2. The van der Waals surface area contributed by atoms with Crippen LogP contribution in [0.2, 0.25) is 0 Å². The molecule has 4 aromatic rings. The van der Waals surface area contributed by atoms with E-state index in [0.29, 0.717) is 41.5 Å². The van der Waals surface area contributed by atoms with Gasteiger partial charge in [0, 0.05) is 83.0 Å². The molecule has 2 saturated carbocycles. The first-order chi connectivity index (χ1) is 39.4. The number of amides is 4. The molecule has 0 unspecified atom stereocenters. The van der Waals surface area contributed by atoms with Crippen molar-refractivity contribution in [2.75, 3.05) is 27.3 Å². The number of fused-ring (bicyclic) bond motifs is 10. The summed E-state index contributed by atoms with van der Waals surface area (Å²) in [4.78, 5) is 91.5. The van der Waals surface area contributed by atoms with Crippen LogP contribution >= 0.6 is 0 Å². The Bertz CT molecular complexity index is 3080. The normalized spacial score (nSPS) is 30.1. The Morgan fingerprint density at radius 1 is 0.624 bits per heavy atom. The zero-order valence-corrected chi connectivity index (χ0v) is 54.4. The minimum atomic E-state index is -0.890. The monoisotopic (exact) mass is 1240 g/mol. The molecule has 10 rings (SSSR count). The molecule has 18 nitrogen and oxygen atoms in total. The molecule has 4 aliphatic heterocycles. The van der Waals surface area contributed by atoms with E-state index >= 15 is 0 Å². The number of aromatic nitrogens is 2. The molecule has 2 radical (unpaired) electrons. The Hall–Kier alpha value is -5.55. The molecule has 12 atom stereocenters. The molecule has 4 bridgehead atoms. The summed E-state index contributed by atoms with van der Waals surface area (Å²) in [6.07, 6.45) is 13.9. The van der Waals surface area contributed by atoms with Gasteiger partial charge in [0.25, 0.3) is 0 Å². The molecule has 2 aromatic carbocycles. The standard InChI is InChI=1S/C33H44N3O6.C32H42N3O6.2V/c1-7-24-26(19-37)36-18-27(24)41-29-21(15-20-13-14-23(40-6)16-25(20)34-29)11-9-8-10-12-22-17-33(22,5)42-31(39)35-28(30(36)38)32(2,3)4;1-19-25(18-36)35-17-26(19)40-28-21(14-20-12-13-23(39-6)15-24(20)33-28)10-8-7-9-11-22-16-32(22,5)41-30(38)34-27(29(35)37)31(2,3)4;;/h13-16,22,24,26-28H,7-12,17-18H2,1-6H3,(H,35,39);12-15,19,22,25-27H,7-11,16-17H2,1-6H3,(H,34,38);;/q2*-1;;/t22-,24+,26-,27+,28-,33-;19-,22+,25+,26-,27+,32+;;/m10../s1. The van der Waals surface area contributed by atoms with Crippen LogP contribution in [0.4, 0.5) is 9.59 Å². The van der Waals surface area contributed by atoms with Crippen molar-refractivity contribution < 1.29 is 94.3 Å². The second kappa shape index (κ2) is 27.2. The first kappa shape index (κ1) is 67.0. The molecule has 2 aromatic heterocycles. The zero-order valence-electron chi connectivity index (χ0n) is 51.6. The molecule has 2 N–H and O–H groups in total. The molecule has 4 amide bonds. The number of nitrogens with zero attached hydrogens (tertiary/aromatic N) is 4. The summed E-state index contributed by atoms with van der Waals surface area (Å²) in [5, 5.41) is 7.69. The maximum Gasteiger partial charge on any atom is 0.408 e. The van der Waals surface area contributed by atoms with Crippen molar-refractivity contribution in [1.29, 1.82) is 0 Å². The van der Waals surface area contributed by atoms with Crippen LogP contribution in [-0.4, -0.2) is 131 Å². The molecule has 4 fully saturated rings. The number of aryl methyl sites for hydroxylation is 2. The summed E-state index contributed by atoms with van der Waals surface area (Å²) in [6.45, 7) is 19.5. The number of nitrogens with one attached hydrogen (secondary N) is 2. The number of rotatable bonds is 5. The topological polar surface area (TPSA) is 214 Å². The quantitative estimate of drug-likeness (QED) is 0.178. The van der Waals surface area contributed by atoms with Gasteiger partial charge in [-0.25, -0.2) is 32.1 Å². The van der Waals surface area contributed by atoms with E-state index in [2.05, 4.69) is 35.3 Å². The molecule has 6 heterocycles. The number of carbonyl (C=O) groups excluding carboxylic acids is 6. The SMILES string of the molecule is CC[C@@H]1[C@@H]2CN(C(=O)[C@H](C(C)(C)C)NC(=O)O[C@]3(C)C[C@H]3CCCCCc3cc4ccc(OC)cc4nc3O2)[C@@H]1[C-]=O.COc1ccc2cc3c(nc2c1)O[C@H]1CN(C(=O)[C@H](C(C)(C)C)NC(=O)O[C@]2(C)C[C@H]2CCCCC3)[C@H]([C-]=O)[C@@H]1C.[V].[V]. The van der Waals surface area contributed by atoms with Crippen LogP contribution in [0, 0.1) is 34.5 Å². The number of benzene rings is 2. The Kier molecular flexibility index (Phi) is 21.5. The minimum Gasteiger partial charge on any atom is -0.540 e. The third kappa shape index (κ3) is 15.1. The second-order valence-electron chi connectivity index (χ2n) is 26.7. The average molecular weight is 1250 g/mol. The first-order valence-electron chi connectivity index (χ1n) is 30.0. The van der Waals surface area contributed by atoms with Crippen LogP contribution < -0.4 is 29.6 Å². The van der Waals surface area contributed by atoms with E-state index in [9.17, 15) is 28.8 Å². The first-order valence-corrected chi connectivity index (χ1v) is 30.0. The van der Waals surface area contributed by atoms with Gasteiger partial charge in [0.2, 0.25) is 23.6 Å². The third-order valence-electron chi connectivity index (χ3n) is 18.4. The summed E-state index contributed by atoms with van der Waals surface area (Å²) < 4.78 is 35.7. The minimum absolute atomic E-state index is 0. The fraction of sp³-hybridized carbons (Fsp3) is 0.631. The zero-order chi connectivity index (χ0) is 59.8. The van der Waals surface area contributed by atoms with E-state index in [4.69, 9.17) is 38.4 Å². The van der Waals surface area contributed by atoms with E-state index in [1.165, 1.54) is 9.80 Å². The number of hydrogen-bond donors (Lipinski definition) is 2. The van der Waals surface area contributed by atoms with Gasteiger partial charge in [-0.2, -0.15) is 0 Å². The third-order valence-corrected chi connectivity index (χ3v) is 18.4. The Morgan fingerprint density at radius 2 is 1.05 bits per heavy atom. The molecule has 2 aliphatic carbocycles. The summed E-state index contributed by atoms with van der Waals surface area (Å²) in [6, 6.07) is 12.5. The van der Waals surface area contributed by atoms with Crippen LogP contribution in [0.15, 0.2) is 48.5 Å². The van der Waals surface area contributed by atoms with Gasteiger partial charge in [-0.1, -0.05) is 99.6 Å². The van der Waals surface area contributed by atoms with E-state index in [0.717, 1.165) is 110 Å². The summed E-state index contributed by atoms with van der Waals surface area (Å²) >= 11 is 0. The van der Waals surface area contributed by atoms with Gasteiger partial charge >= 0.3 is 12.2 Å². The van der Waals surface area contributed by atoms with Crippen LogP contribution in [0.1, 0.15) is 151 Å². The molecule has 2 saturated heterocycles. The van der Waals surface area contributed by atoms with E-state index in [1.54, 1.807) is 14.2 Å². The largest absolute Gasteiger partial charge is 0.540 e. The number of hydrogen-bond acceptors (Lipinski definition) is 14. The van der Waals surface area contributed by atoms with E-state index < -0.39 is 70.6 Å². The Balaban J connectivity index is 0.000000238. The number of ether oxygens (including phenoxy) is 6. The maximum atomic E-state index is 14.1. The van der Waals surface area contributed by atoms with Gasteiger partial charge in [-0.15, -0.1) is 0 Å². The fourth-order valence-electron chi connectivity index (χ4n) is 12.9. The van der Waals surface area contributed by atoms with Gasteiger partial charge in [-0.05, 0) is 124 Å². The average Bonchev–Trinajstić information content (AvgIpc) is 2.32. The van der Waals surface area contributed by atoms with Crippen molar-refractivity contribution in [2.24, 2.45) is 34.5 Å². The van der Waals surface area contributed by atoms with Gasteiger partial charge in [0.05, 0.1) is 38.3 Å². The van der Waals surface area contributed by atoms with Crippen LogP contribution in [0.3, 0.4) is 0 Å². The van der Waals surface area contributed by atoms with Crippen LogP contribution in [-0.2, 0) is 78.6 Å². The predicted molar refractivity (Wildman–Crippen MR) is 314 cm³/mol. The van der Waals surface area contributed by atoms with E-state index in [1.807, 2.05) is 106 Å². The van der Waals surface area contributed by atoms with Crippen molar-refractivity contribution in [2.45, 2.75) is 200 Å². The fourth-order valence-corrected chi connectivity index (χ4v) is 12.9. The van der Waals surface area contributed by atoms with Gasteiger partial charge < -0.3 is 58.4 Å². The molecule has 0 spiro atoms. The smallest absolute Gasteiger partial charge is 0.408 e. The van der Waals surface area contributed by atoms with Crippen molar-refractivity contribution >= 4 is 58.4 Å². The molecule has 85 heavy (non-hydrogen) atoms. The van der Waals surface area contributed by atoms with Crippen LogP contribution in [0.5, 0.6) is 23.3 Å². The molecular formula is C65H86N6O12V2-2. The van der Waals surface area contributed by atoms with Gasteiger partial charge in [0.15, 0.2) is 0 Å². The predicted octanol–water partition coefficient (Wildman–Crippen LogP) is 10.4. The Labute approximate surface area is 525 Å². The number of carbonyl (C=O) groups is 4. The van der Waals surface area contributed by atoms with Crippen molar-refractivity contribution in [3.05, 3.63) is 59.7 Å². The summed E-state index contributed by atoms with van der Waals surface area (Å²) in [5.74, 6) is 1.79. The van der Waals surface area contributed by atoms with Crippen molar-refractivity contribution in [3.8, 4) is 23.3 Å². The molecule has 6 aliphatic rings. The summed E-state index contributed by atoms with van der Waals surface area (Å²) in [7, 11) is 3.25. The maximum absolute atomic E-state index is 14.1. The Morgan fingerprint density at radius 3 is 1.46 bits per heavy atom. The van der Waals surface area contributed by atoms with Crippen molar-refractivity contribution in [3.63, 3.8) is 0 Å². The summed E-state index contributed by atoms with van der Waals surface area (Å²) in [5.41, 5.74) is 1.26.